The number of piperidine rings is 1. The molecule has 2 rings (SSSR count). The molecule has 0 aliphatic carbocycles. The van der Waals surface area contributed by atoms with Crippen LogP contribution in [0.5, 0.6) is 0 Å². The van der Waals surface area contributed by atoms with Gasteiger partial charge in [0, 0.05) is 39.3 Å². The molecule has 1 heterocycles. The maximum absolute atomic E-state index is 13.7. The van der Waals surface area contributed by atoms with E-state index < -0.39 is 5.82 Å². The van der Waals surface area contributed by atoms with Gasteiger partial charge in [0.25, 0.3) is 0 Å². The maximum Gasteiger partial charge on any atom is 0.191 e. The number of hydrogen-bond donors (Lipinski definition) is 2. The van der Waals surface area contributed by atoms with Crippen molar-refractivity contribution in [2.24, 2.45) is 4.99 Å². The SMILES string of the molecule is CN=C(NCCc1cc(F)ccc1F)NC1CCN(CCOC(C)C)CC1. The predicted molar refractivity (Wildman–Crippen MR) is 105 cm³/mol. The lowest BCUT2D eigenvalue weighted by Gasteiger charge is -2.33. The Morgan fingerprint density at radius 3 is 2.70 bits per heavy atom. The van der Waals surface area contributed by atoms with Crippen molar-refractivity contribution in [2.45, 2.75) is 45.3 Å². The third-order valence-electron chi connectivity index (χ3n) is 4.71. The van der Waals surface area contributed by atoms with Crippen LogP contribution < -0.4 is 10.6 Å². The number of benzene rings is 1. The van der Waals surface area contributed by atoms with Crippen LogP contribution >= 0.6 is 0 Å². The second kappa shape index (κ2) is 11.2. The van der Waals surface area contributed by atoms with Gasteiger partial charge in [-0.1, -0.05) is 0 Å². The summed E-state index contributed by atoms with van der Waals surface area (Å²) in [6.45, 7) is 8.41. The van der Waals surface area contributed by atoms with Crippen molar-refractivity contribution < 1.29 is 13.5 Å². The van der Waals surface area contributed by atoms with Gasteiger partial charge in [0.2, 0.25) is 0 Å². The third-order valence-corrected chi connectivity index (χ3v) is 4.71. The van der Waals surface area contributed by atoms with Gasteiger partial charge in [-0.2, -0.15) is 0 Å². The van der Waals surface area contributed by atoms with Crippen LogP contribution in [0, 0.1) is 11.6 Å². The minimum absolute atomic E-state index is 0.277. The Morgan fingerprint density at radius 1 is 1.30 bits per heavy atom. The third kappa shape index (κ3) is 7.81. The van der Waals surface area contributed by atoms with Crippen LogP contribution in [0.4, 0.5) is 8.78 Å². The molecule has 1 saturated heterocycles. The van der Waals surface area contributed by atoms with Crippen LogP contribution in [0.3, 0.4) is 0 Å². The van der Waals surface area contributed by atoms with E-state index in [9.17, 15) is 8.78 Å². The monoisotopic (exact) mass is 382 g/mol. The molecule has 27 heavy (non-hydrogen) atoms. The smallest absolute Gasteiger partial charge is 0.191 e. The van der Waals surface area contributed by atoms with Crippen molar-refractivity contribution >= 4 is 5.96 Å². The lowest BCUT2D eigenvalue weighted by atomic mass is 10.1. The van der Waals surface area contributed by atoms with Gasteiger partial charge in [0.1, 0.15) is 11.6 Å². The first-order valence-electron chi connectivity index (χ1n) is 9.73. The fourth-order valence-corrected chi connectivity index (χ4v) is 3.16. The highest BCUT2D eigenvalue weighted by atomic mass is 19.1. The van der Waals surface area contributed by atoms with E-state index in [2.05, 4.69) is 34.4 Å². The molecular weight excluding hydrogens is 350 g/mol. The van der Waals surface area contributed by atoms with Gasteiger partial charge in [-0.25, -0.2) is 8.78 Å². The number of hydrogen-bond acceptors (Lipinski definition) is 3. The number of guanidine groups is 1. The zero-order chi connectivity index (χ0) is 19.6. The van der Waals surface area contributed by atoms with Crippen molar-refractivity contribution in [2.75, 3.05) is 39.8 Å². The largest absolute Gasteiger partial charge is 0.377 e. The molecule has 1 aliphatic rings. The van der Waals surface area contributed by atoms with Crippen molar-refractivity contribution in [3.05, 3.63) is 35.4 Å². The molecule has 5 nitrogen and oxygen atoms in total. The fraction of sp³-hybridized carbons (Fsp3) is 0.650. The molecule has 2 N–H and O–H groups in total. The molecule has 0 spiro atoms. The molecule has 0 bridgehead atoms. The lowest BCUT2D eigenvalue weighted by molar-refractivity contribution is 0.0532. The molecule has 1 aromatic rings. The molecule has 152 valence electrons. The maximum atomic E-state index is 13.7. The Labute approximate surface area is 161 Å². The van der Waals surface area contributed by atoms with Crippen LogP contribution in [0.15, 0.2) is 23.2 Å². The summed E-state index contributed by atoms with van der Waals surface area (Å²) in [4.78, 5) is 6.65. The second-order valence-corrected chi connectivity index (χ2v) is 7.16. The van der Waals surface area contributed by atoms with Crippen LogP contribution in [0.25, 0.3) is 0 Å². The van der Waals surface area contributed by atoms with E-state index in [0.29, 0.717) is 30.5 Å². The first-order valence-corrected chi connectivity index (χ1v) is 9.73. The summed E-state index contributed by atoms with van der Waals surface area (Å²) in [5.74, 6) is -0.0946. The number of halogens is 2. The molecule has 0 saturated carbocycles. The van der Waals surface area contributed by atoms with Crippen molar-refractivity contribution in [1.82, 2.24) is 15.5 Å². The van der Waals surface area contributed by atoms with E-state index in [4.69, 9.17) is 4.74 Å². The van der Waals surface area contributed by atoms with Crippen LogP contribution in [-0.4, -0.2) is 62.8 Å². The first kappa shape index (κ1) is 21.6. The molecule has 1 aromatic carbocycles. The topological polar surface area (TPSA) is 48.9 Å². The van der Waals surface area contributed by atoms with Crippen molar-refractivity contribution in [3.63, 3.8) is 0 Å². The number of aliphatic imine (C=N–C) groups is 1. The average Bonchev–Trinajstić information content (AvgIpc) is 2.64. The minimum atomic E-state index is -0.417. The highest BCUT2D eigenvalue weighted by Crippen LogP contribution is 2.11. The van der Waals surface area contributed by atoms with Crippen LogP contribution in [-0.2, 0) is 11.2 Å². The summed E-state index contributed by atoms with van der Waals surface area (Å²) in [6.07, 6.45) is 2.76. The van der Waals surface area contributed by atoms with Gasteiger partial charge in [-0.3, -0.25) is 4.99 Å². The minimum Gasteiger partial charge on any atom is -0.377 e. The van der Waals surface area contributed by atoms with Crippen molar-refractivity contribution in [1.29, 1.82) is 0 Å². The normalized spacial score (nSPS) is 16.7. The highest BCUT2D eigenvalue weighted by Gasteiger charge is 2.19. The van der Waals surface area contributed by atoms with Gasteiger partial charge < -0.3 is 20.3 Å². The number of nitrogens with one attached hydrogen (secondary N) is 2. The quantitative estimate of drug-likeness (QED) is 0.536. The summed E-state index contributed by atoms with van der Waals surface area (Å²) in [7, 11) is 1.72. The Bertz CT molecular complexity index is 602. The van der Waals surface area contributed by atoms with E-state index in [1.54, 1.807) is 7.05 Å². The molecule has 0 aromatic heterocycles. The number of likely N-dealkylation sites (tertiary alicyclic amines) is 1. The van der Waals surface area contributed by atoms with Crippen molar-refractivity contribution in [3.8, 4) is 0 Å². The number of ether oxygens (including phenoxy) is 1. The highest BCUT2D eigenvalue weighted by molar-refractivity contribution is 5.79. The standard InChI is InChI=1S/C20H32F2N4O/c1-15(2)27-13-12-26-10-7-18(8-11-26)25-20(23-3)24-9-6-16-14-17(21)4-5-19(16)22/h4-5,14-15,18H,6-13H2,1-3H3,(H2,23,24,25). The van der Waals surface area contributed by atoms with E-state index in [1.807, 2.05) is 0 Å². The van der Waals surface area contributed by atoms with Gasteiger partial charge in [-0.15, -0.1) is 0 Å². The second-order valence-electron chi connectivity index (χ2n) is 7.16. The Morgan fingerprint density at radius 2 is 2.04 bits per heavy atom. The Hall–Kier alpha value is -1.73. The zero-order valence-electron chi connectivity index (χ0n) is 16.6. The molecule has 0 radical (unpaired) electrons. The van der Waals surface area contributed by atoms with Crippen LogP contribution in [0.2, 0.25) is 0 Å². The number of nitrogens with zero attached hydrogens (tertiary/aromatic N) is 2. The Balaban J connectivity index is 1.68. The zero-order valence-corrected chi connectivity index (χ0v) is 16.6. The fourth-order valence-electron chi connectivity index (χ4n) is 3.16. The molecule has 1 fully saturated rings. The van der Waals surface area contributed by atoms with E-state index in [1.165, 1.54) is 6.07 Å². The Kier molecular flexibility index (Phi) is 8.94. The van der Waals surface area contributed by atoms with Gasteiger partial charge >= 0.3 is 0 Å². The molecule has 1 aliphatic heterocycles. The van der Waals surface area contributed by atoms with E-state index >= 15 is 0 Å². The molecular formula is C20H32F2N4O. The molecule has 0 atom stereocenters. The van der Waals surface area contributed by atoms with E-state index in [-0.39, 0.29) is 11.9 Å². The van der Waals surface area contributed by atoms with Crippen LogP contribution in [0.1, 0.15) is 32.3 Å². The summed E-state index contributed by atoms with van der Waals surface area (Å²) in [6, 6.07) is 3.90. The van der Waals surface area contributed by atoms with Gasteiger partial charge in [0.05, 0.1) is 12.7 Å². The average molecular weight is 382 g/mol. The van der Waals surface area contributed by atoms with E-state index in [0.717, 1.165) is 51.2 Å². The predicted octanol–water partition coefficient (Wildman–Crippen LogP) is 2.56. The first-order chi connectivity index (χ1) is 13.0. The van der Waals surface area contributed by atoms with Gasteiger partial charge in [-0.05, 0) is 56.9 Å². The molecule has 0 amide bonds. The molecule has 0 unspecified atom stereocenters. The number of rotatable bonds is 8. The molecule has 7 heteroatoms. The summed E-state index contributed by atoms with van der Waals surface area (Å²) >= 11 is 0. The lowest BCUT2D eigenvalue weighted by Crippen LogP contribution is -2.49. The summed E-state index contributed by atoms with van der Waals surface area (Å²) < 4.78 is 32.5. The summed E-state index contributed by atoms with van der Waals surface area (Å²) in [5, 5.41) is 6.61. The van der Waals surface area contributed by atoms with Gasteiger partial charge in [0.15, 0.2) is 5.96 Å². The summed E-state index contributed by atoms with van der Waals surface area (Å²) in [5.41, 5.74) is 0.370.